The van der Waals surface area contributed by atoms with Crippen molar-refractivity contribution in [3.63, 3.8) is 0 Å². The Morgan fingerprint density at radius 1 is 1.50 bits per heavy atom. The van der Waals surface area contributed by atoms with E-state index in [0.717, 1.165) is 0 Å². The van der Waals surface area contributed by atoms with Crippen molar-refractivity contribution in [2.45, 2.75) is 20.8 Å². The van der Waals surface area contributed by atoms with Crippen molar-refractivity contribution in [3.05, 3.63) is 0 Å². The average molecular weight is 158 g/mol. The zero-order valence-corrected chi connectivity index (χ0v) is 9.87. The van der Waals surface area contributed by atoms with E-state index in [2.05, 4.69) is 12.6 Å². The molecule has 0 amide bonds. The molecule has 44 valence electrons. The minimum Gasteiger partial charge on any atom is -1.00 e. The Balaban J connectivity index is -0.000000180. The van der Waals surface area contributed by atoms with Crippen LogP contribution >= 0.6 is 12.6 Å². The number of carbonyl (C=O) groups excluding carboxylic acids is 1. The Morgan fingerprint density at radius 2 is 1.62 bits per heavy atom. The summed E-state index contributed by atoms with van der Waals surface area (Å²) in [5.41, 5.74) is -0.275. The zero-order chi connectivity index (χ0) is 6.08. The van der Waals surface area contributed by atoms with E-state index >= 15 is 0 Å². The topological polar surface area (TPSA) is 17.1 Å². The molecule has 3 heteroatoms. The van der Waals surface area contributed by atoms with Gasteiger partial charge < -0.3 is 1.43 Å². The van der Waals surface area contributed by atoms with E-state index in [-0.39, 0.29) is 63.3 Å². The summed E-state index contributed by atoms with van der Waals surface area (Å²) in [6.45, 7) is 5.51. The van der Waals surface area contributed by atoms with Gasteiger partial charge in [0, 0.05) is 5.41 Å². The smallest absolute Gasteiger partial charge is 1.00 e. The van der Waals surface area contributed by atoms with Gasteiger partial charge in [0.25, 0.3) is 0 Å². The molecule has 0 aliphatic carbocycles. The van der Waals surface area contributed by atoms with Crippen LogP contribution in [0, 0.1) is 5.41 Å². The first-order valence-electron chi connectivity index (χ1n) is 2.18. The molecule has 0 saturated heterocycles. The van der Waals surface area contributed by atoms with E-state index in [1.807, 2.05) is 20.8 Å². The minimum atomic E-state index is -0.275. The molecule has 0 spiro atoms. The van der Waals surface area contributed by atoms with Crippen LogP contribution in [0.2, 0.25) is 0 Å². The van der Waals surface area contributed by atoms with Crippen LogP contribution in [-0.2, 0) is 4.79 Å². The molecule has 0 aliphatic heterocycles. The van der Waals surface area contributed by atoms with Gasteiger partial charge in [0.15, 0.2) is 5.12 Å². The van der Waals surface area contributed by atoms with Crippen LogP contribution in [0.15, 0.2) is 0 Å². The van der Waals surface area contributed by atoms with Gasteiger partial charge in [0.05, 0.1) is 0 Å². The molecule has 0 aromatic carbocycles. The minimum absolute atomic E-state index is 0. The summed E-state index contributed by atoms with van der Waals surface area (Å²) in [5.74, 6) is 0. The normalized spacial score (nSPS) is 10.0. The zero-order valence-electron chi connectivity index (χ0n) is 6.86. The van der Waals surface area contributed by atoms with Gasteiger partial charge in [-0.05, 0) is 0 Å². The number of thiol groups is 1. The van der Waals surface area contributed by atoms with Gasteiger partial charge in [-0.1, -0.05) is 20.8 Å². The van der Waals surface area contributed by atoms with Gasteiger partial charge in [-0.15, -0.1) is 12.6 Å². The fourth-order valence-electron chi connectivity index (χ4n) is 0. The molecule has 0 bridgehead atoms. The molecule has 0 N–H and O–H groups in total. The van der Waals surface area contributed by atoms with Crippen LogP contribution in [0.3, 0.4) is 0 Å². The molecule has 0 aliphatic rings. The number of hydrogen-bond donors (Lipinski definition) is 1. The molecule has 8 heavy (non-hydrogen) atoms. The molecule has 0 aromatic rings. The summed E-state index contributed by atoms with van der Waals surface area (Å²) in [7, 11) is 0. The molecule has 0 aromatic heterocycles. The van der Waals surface area contributed by atoms with Gasteiger partial charge in [0.1, 0.15) is 0 Å². The maximum atomic E-state index is 10.3. The average Bonchev–Trinajstić information content (AvgIpc) is 1.31. The van der Waals surface area contributed by atoms with Crippen molar-refractivity contribution < 1.29 is 57.6 Å². The molecule has 0 fully saturated rings. The third kappa shape index (κ3) is 5.79. The Hall–Kier alpha value is 1.66. The van der Waals surface area contributed by atoms with Gasteiger partial charge in [-0.2, -0.15) is 0 Å². The molecule has 0 radical (unpaired) electrons. The van der Waals surface area contributed by atoms with E-state index in [0.29, 0.717) is 0 Å². The Morgan fingerprint density at radius 3 is 1.62 bits per heavy atom. The molecule has 0 unspecified atom stereocenters. The molecular formula is C5H11KOS. The standard InChI is InChI=1S/C5H10OS.K.H/c1-5(2,3)4(6)7;;/h1-3H3,(H,6,7);;/q;+1;-1. The second kappa shape index (κ2) is 4.47. The van der Waals surface area contributed by atoms with Gasteiger partial charge >= 0.3 is 51.4 Å². The number of hydrogen-bond acceptors (Lipinski definition) is 1. The third-order valence-electron chi connectivity index (χ3n) is 0.642. The summed E-state index contributed by atoms with van der Waals surface area (Å²) in [4.78, 5) is 10.3. The van der Waals surface area contributed by atoms with Crippen LogP contribution in [0.5, 0.6) is 0 Å². The fraction of sp³-hybridized carbons (Fsp3) is 0.800. The van der Waals surface area contributed by atoms with Crippen molar-refractivity contribution >= 4 is 17.7 Å². The molecule has 0 rings (SSSR count). The molecule has 0 atom stereocenters. The van der Waals surface area contributed by atoms with Crippen LogP contribution in [0.25, 0.3) is 0 Å². The molecule has 0 saturated carbocycles. The van der Waals surface area contributed by atoms with E-state index < -0.39 is 0 Å². The predicted octanol–water partition coefficient (Wildman–Crippen LogP) is -1.39. The van der Waals surface area contributed by atoms with E-state index in [1.165, 1.54) is 0 Å². The van der Waals surface area contributed by atoms with Crippen LogP contribution in [-0.4, -0.2) is 5.12 Å². The first kappa shape index (κ1) is 12.3. The molecular weight excluding hydrogens is 147 g/mol. The summed E-state index contributed by atoms with van der Waals surface area (Å²) in [6.07, 6.45) is 0. The largest absolute Gasteiger partial charge is 1.00 e. The van der Waals surface area contributed by atoms with E-state index in [4.69, 9.17) is 0 Å². The summed E-state index contributed by atoms with van der Waals surface area (Å²) < 4.78 is 0. The molecule has 0 heterocycles. The van der Waals surface area contributed by atoms with Crippen LogP contribution in [0.1, 0.15) is 22.2 Å². The summed E-state index contributed by atoms with van der Waals surface area (Å²) in [6, 6.07) is 0. The summed E-state index contributed by atoms with van der Waals surface area (Å²) >= 11 is 3.64. The Bertz CT molecular complexity index is 89.4. The monoisotopic (exact) mass is 158 g/mol. The first-order valence-corrected chi connectivity index (χ1v) is 2.62. The Labute approximate surface area is 99.9 Å². The fourth-order valence-corrected chi connectivity index (χ4v) is 0. The Kier molecular flexibility index (Phi) is 6.89. The van der Waals surface area contributed by atoms with Crippen molar-refractivity contribution in [2.75, 3.05) is 0 Å². The van der Waals surface area contributed by atoms with E-state index in [9.17, 15) is 4.79 Å². The molecule has 1 nitrogen and oxygen atoms in total. The third-order valence-corrected chi connectivity index (χ3v) is 1.31. The van der Waals surface area contributed by atoms with Gasteiger partial charge in [0.2, 0.25) is 0 Å². The van der Waals surface area contributed by atoms with Crippen molar-refractivity contribution in [2.24, 2.45) is 5.41 Å². The van der Waals surface area contributed by atoms with Crippen LogP contribution in [0.4, 0.5) is 0 Å². The van der Waals surface area contributed by atoms with Crippen molar-refractivity contribution in [1.82, 2.24) is 0 Å². The maximum absolute atomic E-state index is 10.3. The van der Waals surface area contributed by atoms with Crippen molar-refractivity contribution in [1.29, 1.82) is 0 Å². The summed E-state index contributed by atoms with van der Waals surface area (Å²) in [5, 5.41) is -0.0625. The maximum Gasteiger partial charge on any atom is 1.00 e. The van der Waals surface area contributed by atoms with Crippen LogP contribution < -0.4 is 51.4 Å². The predicted molar refractivity (Wildman–Crippen MR) is 34.6 cm³/mol. The number of carbonyl (C=O) groups is 1. The second-order valence-electron chi connectivity index (χ2n) is 2.56. The van der Waals surface area contributed by atoms with E-state index in [1.54, 1.807) is 0 Å². The number of rotatable bonds is 0. The second-order valence-corrected chi connectivity index (χ2v) is 2.96. The van der Waals surface area contributed by atoms with Gasteiger partial charge in [-0.3, -0.25) is 4.79 Å². The van der Waals surface area contributed by atoms with Gasteiger partial charge in [-0.25, -0.2) is 0 Å². The van der Waals surface area contributed by atoms with Crippen molar-refractivity contribution in [3.8, 4) is 0 Å². The SMILES string of the molecule is CC(C)(C)C(=O)S.[H-].[K+]. The quantitative estimate of drug-likeness (QED) is 0.339. The first-order chi connectivity index (χ1) is 2.94.